The molecule has 1 aromatic carbocycles. The summed E-state index contributed by atoms with van der Waals surface area (Å²) in [5.74, 6) is -0.0952. The fourth-order valence-corrected chi connectivity index (χ4v) is 2.01. The monoisotopic (exact) mass is 308 g/mol. The number of fused-ring (bicyclic) bond motifs is 1. The van der Waals surface area contributed by atoms with Gasteiger partial charge in [-0.2, -0.15) is 0 Å². The van der Waals surface area contributed by atoms with Crippen molar-refractivity contribution in [3.8, 4) is 11.5 Å². The molecule has 1 heterocycles. The second kappa shape index (κ2) is 7.65. The molecule has 0 saturated carbocycles. The maximum absolute atomic E-state index is 11.5. The van der Waals surface area contributed by atoms with E-state index < -0.39 is 17.9 Å². The number of carbonyl (C=O) groups excluding carboxylic acids is 2. The van der Waals surface area contributed by atoms with Crippen LogP contribution >= 0.6 is 0 Å². The predicted molar refractivity (Wildman–Crippen MR) is 78.5 cm³/mol. The normalized spacial score (nSPS) is 13.5. The van der Waals surface area contributed by atoms with Gasteiger partial charge in [0.2, 0.25) is 6.79 Å². The average molecular weight is 308 g/mol. The summed E-state index contributed by atoms with van der Waals surface area (Å²) in [4.78, 5) is 22.8. The molecule has 0 saturated heterocycles. The van der Waals surface area contributed by atoms with E-state index in [9.17, 15) is 14.7 Å². The zero-order valence-corrected chi connectivity index (χ0v) is 12.4. The Hall–Kier alpha value is -2.28. The lowest BCUT2D eigenvalue weighted by atomic mass is 10.1. The van der Waals surface area contributed by atoms with Crippen LogP contribution in [0.2, 0.25) is 0 Å². The smallest absolute Gasteiger partial charge is 0.309 e. The molecule has 7 nitrogen and oxygen atoms in total. The summed E-state index contributed by atoms with van der Waals surface area (Å²) in [6.07, 6.45) is 0.308. The van der Waals surface area contributed by atoms with Gasteiger partial charge in [0, 0.05) is 13.1 Å². The Kier molecular flexibility index (Phi) is 5.60. The van der Waals surface area contributed by atoms with Crippen LogP contribution in [-0.2, 0) is 9.59 Å². The molecule has 1 aliphatic rings. The molecule has 7 heteroatoms. The third kappa shape index (κ3) is 4.11. The van der Waals surface area contributed by atoms with Gasteiger partial charge >= 0.3 is 11.8 Å². The highest BCUT2D eigenvalue weighted by Crippen LogP contribution is 2.34. The highest BCUT2D eigenvalue weighted by atomic mass is 16.7. The summed E-state index contributed by atoms with van der Waals surface area (Å²) in [7, 11) is 0. The van der Waals surface area contributed by atoms with Crippen LogP contribution in [0.25, 0.3) is 0 Å². The number of aliphatic hydroxyl groups is 1. The molecule has 0 bridgehead atoms. The van der Waals surface area contributed by atoms with E-state index in [-0.39, 0.29) is 13.3 Å². The van der Waals surface area contributed by atoms with Gasteiger partial charge in [0.15, 0.2) is 11.5 Å². The van der Waals surface area contributed by atoms with Gasteiger partial charge < -0.3 is 25.2 Å². The Morgan fingerprint density at radius 1 is 1.18 bits per heavy atom. The van der Waals surface area contributed by atoms with Crippen LogP contribution in [0.4, 0.5) is 0 Å². The summed E-state index contributed by atoms with van der Waals surface area (Å²) in [5, 5.41) is 15.1. The minimum atomic E-state index is -0.756. The van der Waals surface area contributed by atoms with Gasteiger partial charge in [-0.15, -0.1) is 0 Å². The Morgan fingerprint density at radius 2 is 1.86 bits per heavy atom. The fraction of sp³-hybridized carbons (Fsp3) is 0.467. The van der Waals surface area contributed by atoms with Gasteiger partial charge in [-0.1, -0.05) is 13.0 Å². The topological polar surface area (TPSA) is 96.9 Å². The Labute approximate surface area is 128 Å². The van der Waals surface area contributed by atoms with Crippen molar-refractivity contribution in [1.82, 2.24) is 10.6 Å². The standard InChI is InChI=1S/C15H20N2O5/c1-2-6-16-14(19)15(20)17-7-5-11(18)10-3-4-12-13(8-10)22-9-21-12/h3-4,8,11,18H,2,5-7,9H2,1H3,(H,16,19)(H,17,20). The molecule has 0 fully saturated rings. The van der Waals surface area contributed by atoms with E-state index in [2.05, 4.69) is 10.6 Å². The molecule has 0 radical (unpaired) electrons. The SMILES string of the molecule is CCCNC(=O)C(=O)NCCC(O)c1ccc2c(c1)OCO2. The molecule has 0 spiro atoms. The first-order valence-electron chi connectivity index (χ1n) is 7.25. The molecule has 120 valence electrons. The lowest BCUT2D eigenvalue weighted by molar-refractivity contribution is -0.139. The van der Waals surface area contributed by atoms with Gasteiger partial charge in [0.05, 0.1) is 6.10 Å². The number of hydrogen-bond acceptors (Lipinski definition) is 5. The van der Waals surface area contributed by atoms with Gasteiger partial charge in [-0.25, -0.2) is 0 Å². The first-order chi connectivity index (χ1) is 10.6. The number of aliphatic hydroxyl groups excluding tert-OH is 1. The summed E-state index contributed by atoms with van der Waals surface area (Å²) >= 11 is 0. The Morgan fingerprint density at radius 3 is 2.59 bits per heavy atom. The molecule has 1 aromatic rings. The van der Waals surface area contributed by atoms with Crippen LogP contribution in [0.15, 0.2) is 18.2 Å². The van der Waals surface area contributed by atoms with Crippen LogP contribution in [0.1, 0.15) is 31.4 Å². The molecule has 0 aromatic heterocycles. The Balaban J connectivity index is 1.77. The van der Waals surface area contributed by atoms with Crippen molar-refractivity contribution in [3.05, 3.63) is 23.8 Å². The summed E-state index contributed by atoms with van der Waals surface area (Å²) in [6, 6.07) is 5.19. The quantitative estimate of drug-likeness (QED) is 0.664. The number of nitrogens with one attached hydrogen (secondary N) is 2. The highest BCUT2D eigenvalue weighted by molar-refractivity contribution is 6.35. The molecule has 0 aliphatic carbocycles. The fourth-order valence-electron chi connectivity index (χ4n) is 2.01. The van der Waals surface area contributed by atoms with Crippen molar-refractivity contribution in [1.29, 1.82) is 0 Å². The Bertz CT molecular complexity index is 547. The molecule has 1 atom stereocenters. The third-order valence-electron chi connectivity index (χ3n) is 3.23. The maximum atomic E-state index is 11.5. The number of amides is 2. The molecule has 2 rings (SSSR count). The van der Waals surface area contributed by atoms with Crippen molar-refractivity contribution in [3.63, 3.8) is 0 Å². The van der Waals surface area contributed by atoms with Gasteiger partial charge in [0.1, 0.15) is 0 Å². The lowest BCUT2D eigenvalue weighted by Gasteiger charge is -2.12. The van der Waals surface area contributed by atoms with Crippen LogP contribution in [0.5, 0.6) is 11.5 Å². The average Bonchev–Trinajstić information content (AvgIpc) is 2.99. The van der Waals surface area contributed by atoms with Crippen molar-refractivity contribution >= 4 is 11.8 Å². The predicted octanol–water partition coefficient (Wildman–Crippen LogP) is 0.481. The molecule has 3 N–H and O–H groups in total. The number of hydrogen-bond donors (Lipinski definition) is 3. The van der Waals surface area contributed by atoms with E-state index in [1.54, 1.807) is 18.2 Å². The zero-order chi connectivity index (χ0) is 15.9. The van der Waals surface area contributed by atoms with E-state index in [1.165, 1.54) is 0 Å². The minimum Gasteiger partial charge on any atom is -0.454 e. The van der Waals surface area contributed by atoms with Crippen molar-refractivity contribution < 1.29 is 24.2 Å². The molecule has 1 aliphatic heterocycles. The van der Waals surface area contributed by atoms with Crippen molar-refractivity contribution in [2.24, 2.45) is 0 Å². The highest BCUT2D eigenvalue weighted by Gasteiger charge is 2.17. The number of ether oxygens (including phenoxy) is 2. The molecule has 22 heavy (non-hydrogen) atoms. The summed E-state index contributed by atoms with van der Waals surface area (Å²) in [5.41, 5.74) is 0.675. The molecular weight excluding hydrogens is 288 g/mol. The van der Waals surface area contributed by atoms with Crippen molar-refractivity contribution in [2.45, 2.75) is 25.9 Å². The van der Waals surface area contributed by atoms with E-state index in [0.717, 1.165) is 6.42 Å². The van der Waals surface area contributed by atoms with E-state index >= 15 is 0 Å². The van der Waals surface area contributed by atoms with Gasteiger partial charge in [-0.05, 0) is 30.5 Å². The van der Waals surface area contributed by atoms with Crippen molar-refractivity contribution in [2.75, 3.05) is 19.9 Å². The molecule has 1 unspecified atom stereocenters. The zero-order valence-electron chi connectivity index (χ0n) is 12.4. The van der Waals surface area contributed by atoms with E-state index in [1.807, 2.05) is 6.92 Å². The summed E-state index contributed by atoms with van der Waals surface area (Å²) in [6.45, 7) is 2.75. The first kappa shape index (κ1) is 16.1. The van der Waals surface area contributed by atoms with Crippen LogP contribution in [-0.4, -0.2) is 36.8 Å². The molecular formula is C15H20N2O5. The molecule has 2 amide bonds. The van der Waals surface area contributed by atoms with Crippen LogP contribution < -0.4 is 20.1 Å². The summed E-state index contributed by atoms with van der Waals surface area (Å²) < 4.78 is 10.4. The number of rotatable bonds is 6. The van der Waals surface area contributed by atoms with E-state index in [0.29, 0.717) is 30.0 Å². The van der Waals surface area contributed by atoms with Gasteiger partial charge in [-0.3, -0.25) is 9.59 Å². The number of benzene rings is 1. The third-order valence-corrected chi connectivity index (χ3v) is 3.23. The maximum Gasteiger partial charge on any atom is 0.309 e. The van der Waals surface area contributed by atoms with Gasteiger partial charge in [0.25, 0.3) is 0 Å². The van der Waals surface area contributed by atoms with E-state index in [4.69, 9.17) is 9.47 Å². The lowest BCUT2D eigenvalue weighted by Crippen LogP contribution is -2.40. The second-order valence-electron chi connectivity index (χ2n) is 4.93. The second-order valence-corrected chi connectivity index (χ2v) is 4.93. The van der Waals surface area contributed by atoms with Crippen LogP contribution in [0.3, 0.4) is 0 Å². The first-order valence-corrected chi connectivity index (χ1v) is 7.25. The van der Waals surface area contributed by atoms with Crippen LogP contribution in [0, 0.1) is 0 Å². The minimum absolute atomic E-state index is 0.178. The number of carbonyl (C=O) groups is 2. The largest absolute Gasteiger partial charge is 0.454 e.